The van der Waals surface area contributed by atoms with E-state index in [9.17, 15) is 0 Å². The number of halogens is 1. The molecule has 0 unspecified atom stereocenters. The minimum atomic E-state index is 0. The number of anilines is 2. The van der Waals surface area contributed by atoms with E-state index in [1.54, 1.807) is 18.6 Å². The maximum atomic E-state index is 5.65. The first-order valence-corrected chi connectivity index (χ1v) is 3.92. The summed E-state index contributed by atoms with van der Waals surface area (Å²) in [4.78, 5) is 15.7. The quantitative estimate of drug-likeness (QED) is 0.732. The van der Waals surface area contributed by atoms with E-state index in [0.717, 1.165) is 0 Å². The summed E-state index contributed by atoms with van der Waals surface area (Å²) >= 11 is 0. The van der Waals surface area contributed by atoms with Gasteiger partial charge in [0.1, 0.15) is 5.82 Å². The van der Waals surface area contributed by atoms with Gasteiger partial charge < -0.3 is 11.5 Å². The Morgan fingerprint density at radius 1 is 1.00 bits per heavy atom. The fraction of sp³-hybridized carbons (Fsp3) is 0. The van der Waals surface area contributed by atoms with Crippen LogP contribution in [-0.4, -0.2) is 19.9 Å². The molecule has 0 spiro atoms. The predicted octanol–water partition coefficient (Wildman–Crippen LogP) is 0.520. The molecule has 0 fully saturated rings. The SMILES string of the molecule is Cl.Nc1ncc(-c2cnccn2)c(N)n1. The van der Waals surface area contributed by atoms with Crippen molar-refractivity contribution in [2.75, 3.05) is 11.5 Å². The molecule has 15 heavy (non-hydrogen) atoms. The molecule has 0 bridgehead atoms. The fourth-order valence-corrected chi connectivity index (χ4v) is 1.04. The molecular weight excluding hydrogens is 216 g/mol. The molecule has 2 rings (SSSR count). The van der Waals surface area contributed by atoms with Gasteiger partial charge in [-0.2, -0.15) is 4.98 Å². The molecule has 0 aliphatic rings. The van der Waals surface area contributed by atoms with Crippen LogP contribution in [0, 0.1) is 0 Å². The molecule has 0 amide bonds. The van der Waals surface area contributed by atoms with Crippen molar-refractivity contribution in [3.8, 4) is 11.3 Å². The topological polar surface area (TPSA) is 104 Å². The Kier molecular flexibility index (Phi) is 3.35. The second-order valence-corrected chi connectivity index (χ2v) is 2.62. The van der Waals surface area contributed by atoms with E-state index in [-0.39, 0.29) is 18.4 Å². The molecule has 0 aromatic carbocycles. The molecular formula is C8H9ClN6. The molecule has 0 radical (unpaired) electrons. The minimum absolute atomic E-state index is 0. The monoisotopic (exact) mass is 224 g/mol. The molecule has 2 heterocycles. The molecule has 0 atom stereocenters. The largest absolute Gasteiger partial charge is 0.383 e. The summed E-state index contributed by atoms with van der Waals surface area (Å²) in [5.74, 6) is 0.452. The second kappa shape index (κ2) is 4.52. The first-order valence-electron chi connectivity index (χ1n) is 3.92. The van der Waals surface area contributed by atoms with Gasteiger partial charge in [-0.3, -0.25) is 9.97 Å². The number of hydrogen-bond acceptors (Lipinski definition) is 6. The number of nitrogens with two attached hydrogens (primary N) is 2. The number of aromatic nitrogens is 4. The third kappa shape index (κ3) is 2.29. The molecule has 6 nitrogen and oxygen atoms in total. The van der Waals surface area contributed by atoms with Crippen LogP contribution in [0.1, 0.15) is 0 Å². The molecule has 0 aliphatic heterocycles. The van der Waals surface area contributed by atoms with Crippen LogP contribution >= 0.6 is 12.4 Å². The van der Waals surface area contributed by atoms with Gasteiger partial charge in [0, 0.05) is 18.6 Å². The van der Waals surface area contributed by atoms with Gasteiger partial charge in [0.05, 0.1) is 17.5 Å². The molecule has 7 heteroatoms. The van der Waals surface area contributed by atoms with Crippen LogP contribution in [0.2, 0.25) is 0 Å². The highest BCUT2D eigenvalue weighted by Gasteiger charge is 2.05. The number of hydrogen-bond donors (Lipinski definition) is 2. The molecule has 78 valence electrons. The van der Waals surface area contributed by atoms with Crippen LogP contribution in [0.25, 0.3) is 11.3 Å². The fourth-order valence-electron chi connectivity index (χ4n) is 1.04. The Bertz CT molecular complexity index is 446. The average molecular weight is 225 g/mol. The van der Waals surface area contributed by atoms with Crippen molar-refractivity contribution in [1.29, 1.82) is 0 Å². The van der Waals surface area contributed by atoms with E-state index >= 15 is 0 Å². The van der Waals surface area contributed by atoms with Crippen LogP contribution in [0.3, 0.4) is 0 Å². The van der Waals surface area contributed by atoms with Crippen LogP contribution in [-0.2, 0) is 0 Å². The molecule has 0 aliphatic carbocycles. The van der Waals surface area contributed by atoms with E-state index in [0.29, 0.717) is 17.1 Å². The van der Waals surface area contributed by atoms with Gasteiger partial charge in [0.15, 0.2) is 0 Å². The average Bonchev–Trinajstić information content (AvgIpc) is 2.19. The lowest BCUT2D eigenvalue weighted by atomic mass is 10.2. The van der Waals surface area contributed by atoms with Gasteiger partial charge in [0.25, 0.3) is 0 Å². The Hall–Kier alpha value is -1.95. The molecule has 0 saturated heterocycles. The van der Waals surface area contributed by atoms with Crippen molar-refractivity contribution in [3.05, 3.63) is 24.8 Å². The third-order valence-electron chi connectivity index (χ3n) is 1.68. The van der Waals surface area contributed by atoms with Crippen molar-refractivity contribution >= 4 is 24.2 Å². The predicted molar refractivity (Wildman–Crippen MR) is 59.1 cm³/mol. The van der Waals surface area contributed by atoms with Crippen molar-refractivity contribution in [2.24, 2.45) is 0 Å². The van der Waals surface area contributed by atoms with E-state index < -0.39 is 0 Å². The van der Waals surface area contributed by atoms with Crippen LogP contribution in [0.15, 0.2) is 24.8 Å². The molecule has 4 N–H and O–H groups in total. The smallest absolute Gasteiger partial charge is 0.221 e. The normalized spacial score (nSPS) is 9.33. The maximum absolute atomic E-state index is 5.65. The Morgan fingerprint density at radius 2 is 1.80 bits per heavy atom. The summed E-state index contributed by atoms with van der Waals surface area (Å²) in [5, 5.41) is 0. The summed E-state index contributed by atoms with van der Waals surface area (Å²) in [6.07, 6.45) is 6.27. The lowest BCUT2D eigenvalue weighted by Gasteiger charge is -2.02. The lowest BCUT2D eigenvalue weighted by Crippen LogP contribution is -2.01. The summed E-state index contributed by atoms with van der Waals surface area (Å²) in [6.45, 7) is 0. The first kappa shape index (κ1) is 11.1. The van der Waals surface area contributed by atoms with E-state index in [1.807, 2.05) is 0 Å². The van der Waals surface area contributed by atoms with E-state index in [1.165, 1.54) is 6.20 Å². The highest BCUT2D eigenvalue weighted by atomic mass is 35.5. The number of nitrogens with zero attached hydrogens (tertiary/aromatic N) is 4. The molecule has 0 saturated carbocycles. The number of nitrogen functional groups attached to an aromatic ring is 2. The molecule has 2 aromatic rings. The van der Waals surface area contributed by atoms with Gasteiger partial charge in [-0.05, 0) is 0 Å². The zero-order valence-electron chi connectivity index (χ0n) is 7.66. The minimum Gasteiger partial charge on any atom is -0.383 e. The van der Waals surface area contributed by atoms with Gasteiger partial charge in [-0.25, -0.2) is 4.98 Å². The standard InChI is InChI=1S/C8H8N6.ClH/c9-7-5(3-13-8(10)14-7)6-4-11-1-2-12-6;/h1-4H,(H4,9,10,13,14);1H. The summed E-state index contributed by atoms with van der Waals surface area (Å²) in [7, 11) is 0. The van der Waals surface area contributed by atoms with Gasteiger partial charge in [0.2, 0.25) is 5.95 Å². The molecule has 2 aromatic heterocycles. The van der Waals surface area contributed by atoms with Gasteiger partial charge in [-0.1, -0.05) is 0 Å². The zero-order chi connectivity index (χ0) is 9.97. The maximum Gasteiger partial charge on any atom is 0.221 e. The zero-order valence-corrected chi connectivity index (χ0v) is 8.48. The summed E-state index contributed by atoms with van der Waals surface area (Å²) in [6, 6.07) is 0. The summed E-state index contributed by atoms with van der Waals surface area (Å²) in [5.41, 5.74) is 12.3. The van der Waals surface area contributed by atoms with Crippen LogP contribution in [0.4, 0.5) is 11.8 Å². The first-order chi connectivity index (χ1) is 6.77. The lowest BCUT2D eigenvalue weighted by molar-refractivity contribution is 1.16. The van der Waals surface area contributed by atoms with Crippen molar-refractivity contribution in [1.82, 2.24) is 19.9 Å². The third-order valence-corrected chi connectivity index (χ3v) is 1.68. The Morgan fingerprint density at radius 3 is 2.40 bits per heavy atom. The summed E-state index contributed by atoms with van der Waals surface area (Å²) < 4.78 is 0. The van der Waals surface area contributed by atoms with E-state index in [4.69, 9.17) is 11.5 Å². The van der Waals surface area contributed by atoms with E-state index in [2.05, 4.69) is 19.9 Å². The van der Waals surface area contributed by atoms with Crippen LogP contribution in [0.5, 0.6) is 0 Å². The Labute approximate surface area is 92.2 Å². The highest BCUT2D eigenvalue weighted by Crippen LogP contribution is 2.20. The van der Waals surface area contributed by atoms with Crippen molar-refractivity contribution in [2.45, 2.75) is 0 Å². The Balaban J connectivity index is 0.00000112. The van der Waals surface area contributed by atoms with Gasteiger partial charge >= 0.3 is 0 Å². The van der Waals surface area contributed by atoms with Crippen LogP contribution < -0.4 is 11.5 Å². The van der Waals surface area contributed by atoms with Crippen molar-refractivity contribution in [3.63, 3.8) is 0 Å². The van der Waals surface area contributed by atoms with Crippen molar-refractivity contribution < 1.29 is 0 Å². The highest BCUT2D eigenvalue weighted by molar-refractivity contribution is 5.85. The second-order valence-electron chi connectivity index (χ2n) is 2.62. The number of rotatable bonds is 1. The van der Waals surface area contributed by atoms with Gasteiger partial charge in [-0.15, -0.1) is 12.4 Å².